The van der Waals surface area contributed by atoms with Gasteiger partial charge in [0, 0.05) is 10.8 Å². The molecule has 0 heterocycles. The van der Waals surface area contributed by atoms with E-state index in [1.807, 2.05) is 0 Å². The van der Waals surface area contributed by atoms with Gasteiger partial charge in [0.2, 0.25) is 0 Å². The van der Waals surface area contributed by atoms with E-state index >= 15 is 0 Å². The van der Waals surface area contributed by atoms with Gasteiger partial charge >= 0.3 is 0 Å². The van der Waals surface area contributed by atoms with Crippen LogP contribution in [0.5, 0.6) is 5.75 Å². The summed E-state index contributed by atoms with van der Waals surface area (Å²) in [5.41, 5.74) is 0.355. The average Bonchev–Trinajstić information content (AvgIpc) is 2.63. The van der Waals surface area contributed by atoms with Crippen molar-refractivity contribution in [3.63, 3.8) is 0 Å². The van der Waals surface area contributed by atoms with Crippen molar-refractivity contribution in [1.82, 2.24) is 0 Å². The third-order valence-corrected chi connectivity index (χ3v) is 6.26. The van der Waals surface area contributed by atoms with Crippen LogP contribution >= 0.6 is 11.8 Å². The summed E-state index contributed by atoms with van der Waals surface area (Å²) in [6.45, 7) is 1.46. The summed E-state index contributed by atoms with van der Waals surface area (Å²) >= 11 is 1.17. The Morgan fingerprint density at radius 2 is 1.65 bits per heavy atom. The van der Waals surface area contributed by atoms with Crippen molar-refractivity contribution < 1.29 is 18.3 Å². The Morgan fingerprint density at radius 1 is 1.04 bits per heavy atom. The third-order valence-electron chi connectivity index (χ3n) is 3.71. The highest BCUT2D eigenvalue weighted by molar-refractivity contribution is 8.00. The van der Waals surface area contributed by atoms with E-state index in [0.29, 0.717) is 21.4 Å². The van der Waals surface area contributed by atoms with Crippen molar-refractivity contribution in [2.45, 2.75) is 16.7 Å². The van der Waals surface area contributed by atoms with E-state index in [0.717, 1.165) is 0 Å². The number of phenols is 1. The molecule has 0 radical (unpaired) electrons. The van der Waals surface area contributed by atoms with Crippen LogP contribution in [0.1, 0.15) is 6.92 Å². The number of sulfonamides is 1. The highest BCUT2D eigenvalue weighted by atomic mass is 32.2. The molecule has 0 aliphatic rings. The number of anilines is 1. The molecule has 5 nitrogen and oxygen atoms in total. The molecule has 0 aromatic heterocycles. The van der Waals surface area contributed by atoms with E-state index in [2.05, 4.69) is 4.72 Å². The van der Waals surface area contributed by atoms with Gasteiger partial charge in [0.15, 0.2) is 0 Å². The number of thioether (sulfide) groups is 1. The Morgan fingerprint density at radius 3 is 2.31 bits per heavy atom. The number of benzene rings is 3. The Bertz CT molecular complexity index is 1060. The molecule has 0 aliphatic heterocycles. The standard InChI is InChI=1S/C19H17NO4S2/c1-13(21)12-25-18-11-17(15-9-5-6-10-16(15)19(18)22)20-26(23,24)14-7-3-2-4-8-14/h2-11,20,22H,12H2,1H3. The molecule has 26 heavy (non-hydrogen) atoms. The molecule has 0 fully saturated rings. The first kappa shape index (κ1) is 18.3. The van der Waals surface area contributed by atoms with Crippen LogP contribution < -0.4 is 4.72 Å². The van der Waals surface area contributed by atoms with E-state index in [4.69, 9.17) is 0 Å². The van der Waals surface area contributed by atoms with Gasteiger partial charge in [0.25, 0.3) is 10.0 Å². The first-order valence-corrected chi connectivity index (χ1v) is 10.3. The maximum absolute atomic E-state index is 12.7. The highest BCUT2D eigenvalue weighted by Crippen LogP contribution is 2.40. The van der Waals surface area contributed by atoms with Crippen LogP contribution in [0, 0.1) is 0 Å². The molecule has 0 atom stereocenters. The number of aromatic hydroxyl groups is 1. The molecule has 3 aromatic carbocycles. The van der Waals surface area contributed by atoms with E-state index in [-0.39, 0.29) is 22.2 Å². The van der Waals surface area contributed by atoms with Gasteiger partial charge in [-0.2, -0.15) is 0 Å². The summed E-state index contributed by atoms with van der Waals surface area (Å²) in [4.78, 5) is 11.9. The van der Waals surface area contributed by atoms with E-state index in [1.165, 1.54) is 30.8 Å². The second-order valence-electron chi connectivity index (χ2n) is 5.73. The van der Waals surface area contributed by atoms with Crippen LogP contribution in [0.15, 0.2) is 70.5 Å². The summed E-state index contributed by atoms with van der Waals surface area (Å²) < 4.78 is 27.9. The second-order valence-corrected chi connectivity index (χ2v) is 8.43. The molecule has 134 valence electrons. The SMILES string of the molecule is CC(=O)CSc1cc(NS(=O)(=O)c2ccccc2)c2ccccc2c1O. The summed E-state index contributed by atoms with van der Waals surface area (Å²) in [7, 11) is -3.77. The monoisotopic (exact) mass is 387 g/mol. The van der Waals surface area contributed by atoms with Crippen molar-refractivity contribution in [1.29, 1.82) is 0 Å². The van der Waals surface area contributed by atoms with Gasteiger partial charge in [0.05, 0.1) is 21.2 Å². The van der Waals surface area contributed by atoms with Gasteiger partial charge in [-0.15, -0.1) is 11.8 Å². The number of carbonyl (C=O) groups excluding carboxylic acids is 1. The molecular weight excluding hydrogens is 370 g/mol. The predicted molar refractivity (Wildman–Crippen MR) is 104 cm³/mol. The summed E-state index contributed by atoms with van der Waals surface area (Å²) in [6, 6.07) is 16.6. The quantitative estimate of drug-likeness (QED) is 0.493. The predicted octanol–water partition coefficient (Wildman–Crippen LogP) is 4.03. The second kappa shape index (κ2) is 7.39. The first-order valence-electron chi connectivity index (χ1n) is 7.83. The molecule has 0 unspecified atom stereocenters. The van der Waals surface area contributed by atoms with Crippen molar-refractivity contribution in [2.75, 3.05) is 10.5 Å². The normalized spacial score (nSPS) is 11.4. The van der Waals surface area contributed by atoms with Gasteiger partial charge in [-0.25, -0.2) is 8.42 Å². The van der Waals surface area contributed by atoms with Gasteiger partial charge in [-0.05, 0) is 25.1 Å². The number of ketones is 1. The fourth-order valence-corrected chi connectivity index (χ4v) is 4.41. The minimum Gasteiger partial charge on any atom is -0.506 e. The average molecular weight is 387 g/mol. The number of hydrogen-bond donors (Lipinski definition) is 2. The topological polar surface area (TPSA) is 83.5 Å². The largest absolute Gasteiger partial charge is 0.506 e. The van der Waals surface area contributed by atoms with Crippen LogP contribution in [0.4, 0.5) is 5.69 Å². The molecule has 0 amide bonds. The number of hydrogen-bond acceptors (Lipinski definition) is 5. The van der Waals surface area contributed by atoms with E-state index in [9.17, 15) is 18.3 Å². The lowest BCUT2D eigenvalue weighted by Gasteiger charge is -2.14. The fraction of sp³-hybridized carbons (Fsp3) is 0.105. The van der Waals surface area contributed by atoms with Crippen LogP contribution in [-0.2, 0) is 14.8 Å². The van der Waals surface area contributed by atoms with Crippen LogP contribution in [0.3, 0.4) is 0 Å². The minimum absolute atomic E-state index is 0.0334. The van der Waals surface area contributed by atoms with Gasteiger partial charge < -0.3 is 5.11 Å². The molecular formula is C19H17NO4S2. The number of Topliss-reactive ketones (excluding diaryl/α,β-unsaturated/α-hetero) is 1. The molecule has 2 N–H and O–H groups in total. The zero-order valence-corrected chi connectivity index (χ0v) is 15.6. The van der Waals surface area contributed by atoms with Crippen LogP contribution in [-0.4, -0.2) is 25.1 Å². The first-order chi connectivity index (χ1) is 12.4. The Hall–Kier alpha value is -2.51. The van der Waals surface area contributed by atoms with E-state index in [1.54, 1.807) is 48.5 Å². The highest BCUT2D eigenvalue weighted by Gasteiger charge is 2.18. The minimum atomic E-state index is -3.77. The Labute approximate surface area is 156 Å². The zero-order chi connectivity index (χ0) is 18.7. The molecule has 0 saturated heterocycles. The molecule has 7 heteroatoms. The summed E-state index contributed by atoms with van der Waals surface area (Å²) in [6.07, 6.45) is 0. The number of phenolic OH excluding ortho intramolecular Hbond substituents is 1. The molecule has 0 saturated carbocycles. The Kier molecular flexibility index (Phi) is 5.20. The van der Waals surface area contributed by atoms with Crippen molar-refractivity contribution in [3.8, 4) is 5.75 Å². The van der Waals surface area contributed by atoms with Gasteiger partial charge in [-0.3, -0.25) is 9.52 Å². The number of fused-ring (bicyclic) bond motifs is 1. The lowest BCUT2D eigenvalue weighted by molar-refractivity contribution is -0.114. The lowest BCUT2D eigenvalue weighted by atomic mass is 10.1. The molecule has 3 aromatic rings. The van der Waals surface area contributed by atoms with Gasteiger partial charge in [0.1, 0.15) is 11.5 Å². The molecule has 3 rings (SSSR count). The maximum Gasteiger partial charge on any atom is 0.261 e. The van der Waals surface area contributed by atoms with Crippen molar-refractivity contribution >= 4 is 44.0 Å². The lowest BCUT2D eigenvalue weighted by Crippen LogP contribution is -2.13. The molecule has 0 spiro atoms. The summed E-state index contributed by atoms with van der Waals surface area (Å²) in [5, 5.41) is 11.6. The smallest absolute Gasteiger partial charge is 0.261 e. The van der Waals surface area contributed by atoms with Gasteiger partial charge in [-0.1, -0.05) is 42.5 Å². The fourth-order valence-electron chi connectivity index (χ4n) is 2.51. The van der Waals surface area contributed by atoms with Crippen molar-refractivity contribution in [3.05, 3.63) is 60.7 Å². The summed E-state index contributed by atoms with van der Waals surface area (Å²) in [5.74, 6) is 0.194. The maximum atomic E-state index is 12.7. The van der Waals surface area contributed by atoms with E-state index < -0.39 is 10.0 Å². The molecule has 0 bridgehead atoms. The number of nitrogens with one attached hydrogen (secondary N) is 1. The van der Waals surface area contributed by atoms with Crippen LogP contribution in [0.25, 0.3) is 10.8 Å². The Balaban J connectivity index is 2.10. The third kappa shape index (κ3) is 3.84. The van der Waals surface area contributed by atoms with Crippen molar-refractivity contribution in [2.24, 2.45) is 0 Å². The number of carbonyl (C=O) groups is 1. The number of rotatable bonds is 6. The zero-order valence-electron chi connectivity index (χ0n) is 14.0. The van der Waals surface area contributed by atoms with Crippen LogP contribution in [0.2, 0.25) is 0 Å². The molecule has 0 aliphatic carbocycles.